The molecule has 0 radical (unpaired) electrons. The van der Waals surface area contributed by atoms with Crippen LogP contribution in [0.25, 0.3) is 0 Å². The highest BCUT2D eigenvalue weighted by Crippen LogP contribution is 2.33. The maximum Gasteiger partial charge on any atom is 0.178 e. The molecule has 1 unspecified atom stereocenters. The third-order valence-electron chi connectivity index (χ3n) is 2.33. The number of fused-ring (bicyclic) bond motifs is 1. The van der Waals surface area contributed by atoms with Crippen LogP contribution in [0.4, 0.5) is 0 Å². The largest absolute Gasteiger partial charge is 0.593 e. The van der Waals surface area contributed by atoms with Crippen LogP contribution < -0.4 is 0 Å². The summed E-state index contributed by atoms with van der Waals surface area (Å²) in [6.45, 7) is 4.93. The molecule has 76 valence electrons. The number of nitrogens with zero attached hydrogens (tertiary/aromatic N) is 1. The lowest BCUT2D eigenvalue weighted by atomic mass is 10.2. The fraction of sp³-hybridized carbons (Fsp3) is 0.400. The highest BCUT2D eigenvalue weighted by Gasteiger charge is 2.35. The Kier molecular flexibility index (Phi) is 2.88. The number of hydrogen-bond acceptors (Lipinski definition) is 2. The summed E-state index contributed by atoms with van der Waals surface area (Å²) in [6, 6.07) is 6.26. The van der Waals surface area contributed by atoms with Gasteiger partial charge in [0.15, 0.2) is 4.90 Å². The van der Waals surface area contributed by atoms with Crippen molar-refractivity contribution in [1.29, 1.82) is 0 Å². The van der Waals surface area contributed by atoms with Crippen molar-refractivity contribution in [3.8, 4) is 0 Å². The maximum atomic E-state index is 12.0. The zero-order valence-electron chi connectivity index (χ0n) is 8.16. The van der Waals surface area contributed by atoms with Crippen LogP contribution in [0.1, 0.15) is 19.4 Å². The topological polar surface area (TPSA) is 26.3 Å². The molecule has 2 nitrogen and oxygen atoms in total. The minimum absolute atomic E-state index is 0.321. The Hall–Kier alpha value is -0.0300. The van der Waals surface area contributed by atoms with Gasteiger partial charge >= 0.3 is 0 Å². The second-order valence-electron chi connectivity index (χ2n) is 3.67. The molecule has 1 aromatic carbocycles. The second-order valence-corrected chi connectivity index (χ2v) is 5.99. The van der Waals surface area contributed by atoms with Gasteiger partial charge < -0.3 is 4.55 Å². The third-order valence-corrected chi connectivity index (χ3v) is 4.57. The molecule has 14 heavy (non-hydrogen) atoms. The Morgan fingerprint density at radius 1 is 1.50 bits per heavy atom. The zero-order chi connectivity index (χ0) is 10.3. The molecular weight excluding hydrogens is 262 g/mol. The number of hydrogen-bond donors (Lipinski definition) is 0. The summed E-state index contributed by atoms with van der Waals surface area (Å²) in [5, 5.41) is 0. The lowest BCUT2D eigenvalue weighted by Crippen LogP contribution is -2.31. The fourth-order valence-corrected chi connectivity index (χ4v) is 3.40. The van der Waals surface area contributed by atoms with E-state index in [4.69, 9.17) is 0 Å². The van der Waals surface area contributed by atoms with Crippen molar-refractivity contribution in [3.63, 3.8) is 0 Å². The van der Waals surface area contributed by atoms with Gasteiger partial charge in [0.1, 0.15) is 0 Å². The first-order valence-electron chi connectivity index (χ1n) is 4.56. The van der Waals surface area contributed by atoms with Crippen molar-refractivity contribution in [3.05, 3.63) is 28.2 Å². The van der Waals surface area contributed by atoms with Crippen LogP contribution in [0.5, 0.6) is 0 Å². The average Bonchev–Trinajstić information content (AvgIpc) is 2.43. The van der Waals surface area contributed by atoms with Gasteiger partial charge in [0, 0.05) is 10.0 Å². The lowest BCUT2D eigenvalue weighted by molar-refractivity contribution is 0.363. The van der Waals surface area contributed by atoms with E-state index < -0.39 is 11.4 Å². The summed E-state index contributed by atoms with van der Waals surface area (Å²) in [5.41, 5.74) is 1.17. The minimum Gasteiger partial charge on any atom is -0.593 e. The predicted octanol–water partition coefficient (Wildman–Crippen LogP) is 2.70. The molecule has 0 saturated carbocycles. The first-order chi connectivity index (χ1) is 6.59. The van der Waals surface area contributed by atoms with Gasteiger partial charge in [0.2, 0.25) is 0 Å². The molecule has 1 heterocycles. The molecule has 0 bridgehead atoms. The third kappa shape index (κ3) is 1.72. The second kappa shape index (κ2) is 3.85. The monoisotopic (exact) mass is 273 g/mol. The molecule has 4 heteroatoms. The Labute approximate surface area is 95.7 Å². The lowest BCUT2D eigenvalue weighted by Gasteiger charge is -2.19. The molecule has 0 amide bonds. The molecule has 0 N–H and O–H groups in total. The van der Waals surface area contributed by atoms with E-state index in [1.54, 1.807) is 0 Å². The van der Waals surface area contributed by atoms with Crippen LogP contribution in [0.15, 0.2) is 27.6 Å². The smallest absolute Gasteiger partial charge is 0.178 e. The van der Waals surface area contributed by atoms with Crippen molar-refractivity contribution < 1.29 is 4.55 Å². The molecule has 1 aliphatic heterocycles. The van der Waals surface area contributed by atoms with Crippen molar-refractivity contribution >= 4 is 27.3 Å². The summed E-state index contributed by atoms with van der Waals surface area (Å²) in [5.74, 6) is 0. The molecule has 0 spiro atoms. The van der Waals surface area contributed by atoms with Crippen LogP contribution in [0.3, 0.4) is 0 Å². The van der Waals surface area contributed by atoms with Crippen molar-refractivity contribution in [2.45, 2.75) is 31.3 Å². The van der Waals surface area contributed by atoms with Gasteiger partial charge in [-0.15, -0.1) is 4.31 Å². The molecule has 1 aliphatic rings. The average molecular weight is 274 g/mol. The van der Waals surface area contributed by atoms with Crippen LogP contribution >= 0.6 is 15.9 Å². The molecule has 0 fully saturated rings. The number of benzene rings is 1. The SMILES string of the molecule is CC(C)N1Cc2cc(Br)ccc2[S+]1[O-]. The van der Waals surface area contributed by atoms with Crippen molar-refractivity contribution in [2.24, 2.45) is 0 Å². The predicted molar refractivity (Wildman–Crippen MR) is 61.2 cm³/mol. The van der Waals surface area contributed by atoms with E-state index in [0.29, 0.717) is 6.04 Å². The molecule has 0 saturated heterocycles. The van der Waals surface area contributed by atoms with E-state index >= 15 is 0 Å². The number of rotatable bonds is 1. The molecule has 2 rings (SSSR count). The summed E-state index contributed by atoms with van der Waals surface area (Å²) in [7, 11) is 0. The first-order valence-corrected chi connectivity index (χ1v) is 6.46. The van der Waals surface area contributed by atoms with E-state index in [9.17, 15) is 4.55 Å². The Morgan fingerprint density at radius 2 is 2.21 bits per heavy atom. The van der Waals surface area contributed by atoms with E-state index in [2.05, 4.69) is 35.8 Å². The van der Waals surface area contributed by atoms with Crippen molar-refractivity contribution in [1.82, 2.24) is 4.31 Å². The van der Waals surface area contributed by atoms with Crippen LogP contribution in [-0.2, 0) is 17.9 Å². The van der Waals surface area contributed by atoms with Gasteiger partial charge in [-0.2, -0.15) is 0 Å². The number of halogens is 1. The summed E-state index contributed by atoms with van der Waals surface area (Å²) in [6.07, 6.45) is 0. The van der Waals surface area contributed by atoms with Gasteiger partial charge in [-0.1, -0.05) is 15.9 Å². The highest BCUT2D eigenvalue weighted by molar-refractivity contribution is 9.10. The van der Waals surface area contributed by atoms with Gasteiger partial charge in [-0.05, 0) is 32.0 Å². The molecule has 0 aliphatic carbocycles. The molecular formula is C10H12BrNOS. The van der Waals surface area contributed by atoms with Gasteiger partial charge in [-0.25, -0.2) is 0 Å². The Morgan fingerprint density at radius 3 is 2.86 bits per heavy atom. The van der Waals surface area contributed by atoms with E-state index in [-0.39, 0.29) is 0 Å². The van der Waals surface area contributed by atoms with Crippen LogP contribution in [-0.4, -0.2) is 14.9 Å². The van der Waals surface area contributed by atoms with E-state index in [1.807, 2.05) is 16.4 Å². The molecule has 1 aromatic rings. The first kappa shape index (κ1) is 10.5. The van der Waals surface area contributed by atoms with E-state index in [0.717, 1.165) is 15.9 Å². The van der Waals surface area contributed by atoms with Gasteiger partial charge in [-0.3, -0.25) is 0 Å². The van der Waals surface area contributed by atoms with E-state index in [1.165, 1.54) is 5.56 Å². The Bertz CT molecular complexity index is 356. The molecule has 1 atom stereocenters. The van der Waals surface area contributed by atoms with Gasteiger partial charge in [0.05, 0.1) is 23.9 Å². The quantitative estimate of drug-likeness (QED) is 0.736. The highest BCUT2D eigenvalue weighted by atomic mass is 79.9. The normalized spacial score (nSPS) is 21.6. The van der Waals surface area contributed by atoms with Crippen LogP contribution in [0, 0.1) is 0 Å². The summed E-state index contributed by atoms with van der Waals surface area (Å²) >= 11 is 2.46. The van der Waals surface area contributed by atoms with Gasteiger partial charge in [0.25, 0.3) is 0 Å². The summed E-state index contributed by atoms with van der Waals surface area (Å²) < 4.78 is 15.0. The molecule has 0 aromatic heterocycles. The zero-order valence-corrected chi connectivity index (χ0v) is 10.6. The maximum absolute atomic E-state index is 12.0. The Balaban J connectivity index is 2.35. The fourth-order valence-electron chi connectivity index (χ4n) is 1.57. The summed E-state index contributed by atoms with van der Waals surface area (Å²) in [4.78, 5) is 0.960. The minimum atomic E-state index is -0.961. The van der Waals surface area contributed by atoms with Crippen molar-refractivity contribution in [2.75, 3.05) is 0 Å². The van der Waals surface area contributed by atoms with Crippen LogP contribution in [0.2, 0.25) is 0 Å². The standard InChI is InChI=1S/C10H12BrNOS/c1-7(2)12-6-8-5-9(11)3-4-10(8)14(12)13/h3-5,7H,6H2,1-2H3.